The van der Waals surface area contributed by atoms with E-state index in [0.29, 0.717) is 0 Å². The molecule has 2 aromatic rings. The van der Waals surface area contributed by atoms with Gasteiger partial charge in [-0.1, -0.05) is 18.2 Å². The third kappa shape index (κ3) is 9.36. The fraction of sp³-hybridized carbons (Fsp3) is 0.294. The first kappa shape index (κ1) is 34.3. The zero-order valence-electron chi connectivity index (χ0n) is 17.8. The van der Waals surface area contributed by atoms with Crippen molar-refractivity contribution in [3.63, 3.8) is 0 Å². The van der Waals surface area contributed by atoms with Gasteiger partial charge in [0.05, 0.1) is 78.5 Å². The van der Waals surface area contributed by atoms with Crippen molar-refractivity contribution in [3.05, 3.63) is 30.3 Å². The molecule has 0 N–H and O–H groups in total. The maximum absolute atomic E-state index is 12.2. The van der Waals surface area contributed by atoms with Crippen molar-refractivity contribution < 1.29 is 60.0 Å². The summed E-state index contributed by atoms with van der Waals surface area (Å²) in [7, 11) is -8.05. The zero-order chi connectivity index (χ0) is 22.5. The smallest absolute Gasteiger partial charge is 0.0733 e. The fourth-order valence-corrected chi connectivity index (χ4v) is 10.4. The summed E-state index contributed by atoms with van der Waals surface area (Å²) in [5.41, 5.74) is 0. The van der Waals surface area contributed by atoms with Gasteiger partial charge >= 0.3 is 0 Å². The van der Waals surface area contributed by atoms with Gasteiger partial charge in [-0.15, -0.1) is 25.3 Å². The van der Waals surface area contributed by atoms with Gasteiger partial charge in [0.15, 0.2) is 0 Å². The average molecular weight is 662 g/mol. The largest absolute Gasteiger partial charge is 0.255 e. The van der Waals surface area contributed by atoms with Crippen LogP contribution in [0.1, 0.15) is 0 Å². The molecule has 5 unspecified atom stereocenters. The molecule has 31 heavy (non-hydrogen) atoms. The molecule has 0 radical (unpaired) electrons. The molecule has 166 valence electrons. The molecule has 14 heteroatoms. The second-order valence-electron chi connectivity index (χ2n) is 5.60. The Labute approximate surface area is 232 Å². The number of benzene rings is 2. The summed E-state index contributed by atoms with van der Waals surface area (Å²) >= 11 is 8.36. The Bertz CT molecular complexity index is 976. The molecule has 0 aliphatic carbocycles. The van der Waals surface area contributed by atoms with E-state index >= 15 is 0 Å². The summed E-state index contributed by atoms with van der Waals surface area (Å²) in [6.45, 7) is 0. The topological polar surface area (TPSA) is 85.3 Å². The van der Waals surface area contributed by atoms with Crippen molar-refractivity contribution in [2.24, 2.45) is 0 Å². The normalized spacial score (nSPS) is 15.1. The summed E-state index contributed by atoms with van der Waals surface area (Å²) in [6.07, 6.45) is 6.82. The van der Waals surface area contributed by atoms with E-state index in [0.717, 1.165) is 4.90 Å². The fourth-order valence-electron chi connectivity index (χ4n) is 2.37. The molecule has 0 amide bonds. The Hall–Kier alpha value is 1.14. The number of thiol groups is 2. The van der Waals surface area contributed by atoms with Crippen molar-refractivity contribution in [3.8, 4) is 0 Å². The molecule has 0 heterocycles. The average Bonchev–Trinajstić information content (AvgIpc) is 2.60. The summed E-state index contributed by atoms with van der Waals surface area (Å²) in [4.78, 5) is 1.70. The Morgan fingerprint density at radius 1 is 0.516 bits per heavy atom. The van der Waals surface area contributed by atoms with E-state index in [-0.39, 0.29) is 68.3 Å². The second kappa shape index (κ2) is 15.9. The SMILES string of the molecule is CS(=O)c1c(S)c(S(C)=O)c(S(C)=O)c(S(C)=O)c1S(C)=O.Sc1ccccc1.[Zn].[Zn]. The molecule has 0 aromatic heterocycles. The van der Waals surface area contributed by atoms with E-state index in [4.69, 9.17) is 0 Å². The van der Waals surface area contributed by atoms with E-state index in [2.05, 4.69) is 25.3 Å². The minimum absolute atomic E-state index is 0. The molecule has 0 spiro atoms. The molecule has 0 fully saturated rings. The Morgan fingerprint density at radius 3 is 0.968 bits per heavy atom. The van der Waals surface area contributed by atoms with E-state index in [1.54, 1.807) is 0 Å². The predicted octanol–water partition coefficient (Wildman–Crippen LogP) is 2.63. The number of hydrogen-bond acceptors (Lipinski definition) is 7. The first-order valence-electron chi connectivity index (χ1n) is 7.75. The van der Waals surface area contributed by atoms with Crippen LogP contribution in [-0.4, -0.2) is 52.3 Å². The Morgan fingerprint density at radius 2 is 0.774 bits per heavy atom. The van der Waals surface area contributed by atoms with Crippen LogP contribution in [0.25, 0.3) is 0 Å². The molecule has 5 atom stereocenters. The maximum atomic E-state index is 12.2. The van der Waals surface area contributed by atoms with Crippen molar-refractivity contribution >= 4 is 79.3 Å². The number of rotatable bonds is 5. The van der Waals surface area contributed by atoms with E-state index in [9.17, 15) is 21.0 Å². The molecule has 0 saturated carbocycles. The van der Waals surface area contributed by atoms with Gasteiger partial charge in [0.2, 0.25) is 0 Å². The van der Waals surface area contributed by atoms with Crippen LogP contribution in [0.5, 0.6) is 0 Å². The van der Waals surface area contributed by atoms with Crippen LogP contribution < -0.4 is 0 Å². The zero-order valence-corrected chi connectivity index (χ0v) is 29.6. The molecule has 5 nitrogen and oxygen atoms in total. The summed E-state index contributed by atoms with van der Waals surface area (Å²) < 4.78 is 60.6. The molecule has 0 saturated heterocycles. The van der Waals surface area contributed by atoms with Gasteiger partial charge in [-0.2, -0.15) is 0 Å². The van der Waals surface area contributed by atoms with Gasteiger partial charge < -0.3 is 0 Å². The summed E-state index contributed by atoms with van der Waals surface area (Å²) in [5, 5.41) is 0. The third-order valence-corrected chi connectivity index (χ3v) is 9.93. The van der Waals surface area contributed by atoms with Gasteiger partial charge in [0.1, 0.15) is 0 Å². The molecular formula is C17H22O5S7Zn2. The Balaban J connectivity index is 0. The van der Waals surface area contributed by atoms with E-state index < -0.39 is 54.0 Å². The van der Waals surface area contributed by atoms with Crippen LogP contribution >= 0.6 is 25.3 Å². The number of hydrogen-bond donors (Lipinski definition) is 2. The minimum atomic E-state index is -1.64. The van der Waals surface area contributed by atoms with Gasteiger partial charge in [0.25, 0.3) is 0 Å². The van der Waals surface area contributed by atoms with Crippen molar-refractivity contribution in [2.45, 2.75) is 34.3 Å². The summed E-state index contributed by atoms with van der Waals surface area (Å²) in [6, 6.07) is 9.79. The first-order valence-corrected chi connectivity index (χ1v) is 16.4. The van der Waals surface area contributed by atoms with Crippen LogP contribution in [0.2, 0.25) is 0 Å². The predicted molar refractivity (Wildman–Crippen MR) is 129 cm³/mol. The van der Waals surface area contributed by atoms with Crippen LogP contribution in [-0.2, 0) is 93.0 Å². The van der Waals surface area contributed by atoms with Crippen molar-refractivity contribution in [2.75, 3.05) is 31.3 Å². The van der Waals surface area contributed by atoms with Crippen LogP contribution in [0.15, 0.2) is 64.6 Å². The maximum Gasteiger partial charge on any atom is 0.0733 e. The second-order valence-corrected chi connectivity index (χ2v) is 13.1. The monoisotopic (exact) mass is 658 g/mol. The molecule has 2 aromatic carbocycles. The van der Waals surface area contributed by atoms with Crippen LogP contribution in [0, 0.1) is 0 Å². The molecule has 2 rings (SSSR count). The van der Waals surface area contributed by atoms with Gasteiger partial charge in [-0.3, -0.25) is 21.0 Å². The quantitative estimate of drug-likeness (QED) is 0.381. The minimum Gasteiger partial charge on any atom is -0.255 e. The van der Waals surface area contributed by atoms with Gasteiger partial charge in [-0.05, 0) is 12.1 Å². The van der Waals surface area contributed by atoms with E-state index in [1.807, 2.05) is 30.3 Å². The van der Waals surface area contributed by atoms with Gasteiger partial charge in [0, 0.05) is 80.0 Å². The molecular weight excluding hydrogens is 639 g/mol. The molecule has 0 bridgehead atoms. The Kier molecular flexibility index (Phi) is 17.6. The third-order valence-electron chi connectivity index (χ3n) is 3.45. The molecule has 0 aliphatic heterocycles. The van der Waals surface area contributed by atoms with Crippen molar-refractivity contribution in [1.29, 1.82) is 0 Å². The first-order chi connectivity index (χ1) is 13.4. The summed E-state index contributed by atoms with van der Waals surface area (Å²) in [5.74, 6) is 0. The molecule has 0 aliphatic rings. The van der Waals surface area contributed by atoms with Crippen LogP contribution in [0.3, 0.4) is 0 Å². The van der Waals surface area contributed by atoms with Crippen molar-refractivity contribution in [1.82, 2.24) is 0 Å². The van der Waals surface area contributed by atoms with Gasteiger partial charge in [-0.25, -0.2) is 0 Å². The standard InChI is InChI=1S/C11H16O5S6.C6H6S.2Zn/c1-18(12)7-6(17)8(19(2)13)10(21(4)15)11(22(5)16)9(7)20(3)14;7-6-4-2-1-3-5-6;;/h17H,1-5H3;1-5,7H;;. The van der Waals surface area contributed by atoms with Crippen LogP contribution in [0.4, 0.5) is 0 Å². The van der Waals surface area contributed by atoms with E-state index in [1.165, 1.54) is 31.3 Å².